The van der Waals surface area contributed by atoms with E-state index in [1.807, 2.05) is 19.1 Å². The van der Waals surface area contributed by atoms with Crippen molar-refractivity contribution >= 4 is 61.6 Å². The maximum atomic E-state index is 12.7. The van der Waals surface area contributed by atoms with Crippen LogP contribution in [0.15, 0.2) is 45.6 Å². The molecule has 0 atom stereocenters. The van der Waals surface area contributed by atoms with E-state index < -0.39 is 11.6 Å². The smallest absolute Gasteiger partial charge is 0.350 e. The Bertz CT molecular complexity index is 1350. The van der Waals surface area contributed by atoms with Gasteiger partial charge in [-0.1, -0.05) is 43.1 Å². The molecule has 2 aromatic heterocycles. The first-order valence-electron chi connectivity index (χ1n) is 9.36. The predicted molar refractivity (Wildman–Crippen MR) is 122 cm³/mol. The molecule has 0 saturated heterocycles. The van der Waals surface area contributed by atoms with Gasteiger partial charge in [-0.25, -0.2) is 9.59 Å². The third-order valence-electron chi connectivity index (χ3n) is 4.97. The van der Waals surface area contributed by atoms with Crippen molar-refractivity contribution in [3.63, 3.8) is 0 Å². The van der Waals surface area contributed by atoms with Gasteiger partial charge in [-0.15, -0.1) is 11.3 Å². The molecule has 2 heterocycles. The zero-order valence-electron chi connectivity index (χ0n) is 16.5. The molecule has 0 fully saturated rings. The maximum Gasteiger partial charge on any atom is 0.350 e. The molecule has 4 rings (SSSR count). The van der Waals surface area contributed by atoms with Crippen molar-refractivity contribution in [3.8, 4) is 0 Å². The molecule has 4 nitrogen and oxygen atoms in total. The largest absolute Gasteiger partial charge is 0.457 e. The summed E-state index contributed by atoms with van der Waals surface area (Å²) in [5.41, 5.74) is 2.78. The van der Waals surface area contributed by atoms with Crippen molar-refractivity contribution in [2.24, 2.45) is 0 Å². The van der Waals surface area contributed by atoms with Gasteiger partial charge in [0.15, 0.2) is 0 Å². The van der Waals surface area contributed by atoms with E-state index in [4.69, 9.17) is 32.4 Å². The van der Waals surface area contributed by atoms with E-state index in [-0.39, 0.29) is 6.61 Å². The van der Waals surface area contributed by atoms with E-state index >= 15 is 0 Å². The summed E-state index contributed by atoms with van der Waals surface area (Å²) in [7, 11) is 0. The fourth-order valence-corrected chi connectivity index (χ4v) is 5.19. The number of hydrogen-bond acceptors (Lipinski definition) is 5. The zero-order valence-corrected chi connectivity index (χ0v) is 18.9. The van der Waals surface area contributed by atoms with Crippen molar-refractivity contribution in [1.82, 2.24) is 0 Å². The number of hydrogen-bond donors (Lipinski definition) is 0. The number of esters is 1. The third kappa shape index (κ3) is 3.85. The molecule has 2 aromatic carbocycles. The summed E-state index contributed by atoms with van der Waals surface area (Å²) < 4.78 is 11.7. The molecule has 4 aromatic rings. The van der Waals surface area contributed by atoms with Gasteiger partial charge in [0.2, 0.25) is 0 Å². The van der Waals surface area contributed by atoms with Crippen LogP contribution < -0.4 is 5.63 Å². The van der Waals surface area contributed by atoms with Gasteiger partial charge in [0.1, 0.15) is 17.1 Å². The number of carbonyl (C=O) groups excluding carboxylic acids is 1. The summed E-state index contributed by atoms with van der Waals surface area (Å²) in [6.45, 7) is 6.12. The maximum absolute atomic E-state index is 12.7. The minimum atomic E-state index is -0.546. The van der Waals surface area contributed by atoms with Crippen LogP contribution in [0.1, 0.15) is 46.1 Å². The van der Waals surface area contributed by atoms with Crippen molar-refractivity contribution in [2.75, 3.05) is 0 Å². The Kier molecular flexibility index (Phi) is 5.62. The first-order valence-corrected chi connectivity index (χ1v) is 10.9. The first kappa shape index (κ1) is 20.9. The van der Waals surface area contributed by atoms with Gasteiger partial charge in [0.05, 0.1) is 5.02 Å². The average molecular weight is 461 g/mol. The molecule has 154 valence electrons. The molecule has 0 aliphatic rings. The number of carbonyl (C=O) groups is 1. The molecule has 0 amide bonds. The van der Waals surface area contributed by atoms with E-state index in [0.29, 0.717) is 32.0 Å². The lowest BCUT2D eigenvalue weighted by atomic mass is 9.95. The van der Waals surface area contributed by atoms with Crippen molar-refractivity contribution < 1.29 is 13.9 Å². The summed E-state index contributed by atoms with van der Waals surface area (Å²) in [6, 6.07) is 10.5. The molecule has 7 heteroatoms. The topological polar surface area (TPSA) is 56.5 Å². The van der Waals surface area contributed by atoms with Gasteiger partial charge in [-0.3, -0.25) is 0 Å². The van der Waals surface area contributed by atoms with Crippen molar-refractivity contribution in [1.29, 1.82) is 0 Å². The number of halogens is 2. The SMILES string of the molecule is Cc1cc2oc(=O)cc(COC(=O)c3sc4cc(Cl)ccc4c3Cl)c2cc1C(C)C. The highest BCUT2D eigenvalue weighted by atomic mass is 35.5. The molecular weight excluding hydrogens is 443 g/mol. The van der Waals surface area contributed by atoms with Crippen LogP contribution in [0.25, 0.3) is 21.1 Å². The highest BCUT2D eigenvalue weighted by Crippen LogP contribution is 2.37. The highest BCUT2D eigenvalue weighted by molar-refractivity contribution is 7.21. The van der Waals surface area contributed by atoms with Crippen molar-refractivity contribution in [2.45, 2.75) is 33.3 Å². The third-order valence-corrected chi connectivity index (χ3v) is 6.85. The summed E-state index contributed by atoms with van der Waals surface area (Å²) in [4.78, 5) is 25.0. The van der Waals surface area contributed by atoms with Crippen molar-refractivity contribution in [3.05, 3.63) is 78.4 Å². The zero-order chi connectivity index (χ0) is 21.6. The number of aryl methyl sites for hydroxylation is 1. The normalized spacial score (nSPS) is 11.5. The lowest BCUT2D eigenvalue weighted by molar-refractivity contribution is 0.0480. The quantitative estimate of drug-likeness (QED) is 0.240. The molecule has 0 bridgehead atoms. The summed E-state index contributed by atoms with van der Waals surface area (Å²) in [5.74, 6) is -0.240. The minimum Gasteiger partial charge on any atom is -0.457 e. The number of ether oxygens (including phenoxy) is 1. The second-order valence-corrected chi connectivity index (χ2v) is 9.28. The van der Waals surface area contributed by atoms with Crippen LogP contribution in [-0.4, -0.2) is 5.97 Å². The van der Waals surface area contributed by atoms with E-state index in [9.17, 15) is 9.59 Å². The van der Waals surface area contributed by atoms with E-state index in [1.165, 1.54) is 17.4 Å². The number of benzene rings is 2. The monoisotopic (exact) mass is 460 g/mol. The lowest BCUT2D eigenvalue weighted by Gasteiger charge is -2.13. The second-order valence-electron chi connectivity index (χ2n) is 7.41. The standard InChI is InChI=1S/C23H18Cl2O4S/c1-11(2)16-9-17-13(7-20(26)29-18(17)6-12(16)3)10-28-23(27)22-21(25)15-5-4-14(24)8-19(15)30-22/h4-9,11H,10H2,1-3H3. The summed E-state index contributed by atoms with van der Waals surface area (Å²) >= 11 is 13.6. The van der Waals surface area contributed by atoms with Gasteiger partial charge in [0, 0.05) is 32.1 Å². The number of fused-ring (bicyclic) bond motifs is 2. The number of thiophene rings is 1. The van der Waals surface area contributed by atoms with Crippen LogP contribution in [0.2, 0.25) is 10.0 Å². The Hall–Kier alpha value is -2.34. The second kappa shape index (κ2) is 8.06. The predicted octanol–water partition coefficient (Wildman–Crippen LogP) is 7.10. The highest BCUT2D eigenvalue weighted by Gasteiger charge is 2.20. The summed E-state index contributed by atoms with van der Waals surface area (Å²) in [6.07, 6.45) is 0. The molecule has 30 heavy (non-hydrogen) atoms. The molecule has 0 radical (unpaired) electrons. The summed E-state index contributed by atoms with van der Waals surface area (Å²) in [5, 5.41) is 2.41. The Morgan fingerprint density at radius 3 is 2.63 bits per heavy atom. The van der Waals surface area contributed by atoms with Gasteiger partial charge < -0.3 is 9.15 Å². The van der Waals surface area contributed by atoms with Gasteiger partial charge in [-0.05, 0) is 48.2 Å². The van der Waals surface area contributed by atoms with Crippen LogP contribution in [-0.2, 0) is 11.3 Å². The van der Waals surface area contributed by atoms with Crippen LogP contribution in [0.5, 0.6) is 0 Å². The van der Waals surface area contributed by atoms with Crippen LogP contribution in [0.3, 0.4) is 0 Å². The average Bonchev–Trinajstić information content (AvgIpc) is 3.00. The Balaban J connectivity index is 1.68. The van der Waals surface area contributed by atoms with E-state index in [2.05, 4.69) is 13.8 Å². The lowest BCUT2D eigenvalue weighted by Crippen LogP contribution is -2.08. The van der Waals surface area contributed by atoms with E-state index in [1.54, 1.807) is 18.2 Å². The Labute approximate surface area is 187 Å². The fraction of sp³-hybridized carbons (Fsp3) is 0.217. The molecule has 0 saturated carbocycles. The molecule has 0 N–H and O–H groups in total. The van der Waals surface area contributed by atoms with Gasteiger partial charge >= 0.3 is 11.6 Å². The molecule has 0 unspecified atom stereocenters. The van der Waals surface area contributed by atoms with Crippen LogP contribution in [0, 0.1) is 6.92 Å². The molecule has 0 aliphatic carbocycles. The fourth-order valence-electron chi connectivity index (χ4n) is 3.51. The van der Waals surface area contributed by atoms with Gasteiger partial charge in [0.25, 0.3) is 0 Å². The number of rotatable bonds is 4. The Morgan fingerprint density at radius 2 is 1.90 bits per heavy atom. The molecule has 0 spiro atoms. The van der Waals surface area contributed by atoms with E-state index in [0.717, 1.165) is 26.6 Å². The first-order chi connectivity index (χ1) is 14.2. The molecule has 0 aliphatic heterocycles. The molecular formula is C23H18Cl2O4S. The van der Waals surface area contributed by atoms with Crippen LogP contribution in [0.4, 0.5) is 0 Å². The van der Waals surface area contributed by atoms with Gasteiger partial charge in [-0.2, -0.15) is 0 Å². The van der Waals surface area contributed by atoms with Crippen LogP contribution >= 0.6 is 34.5 Å². The Morgan fingerprint density at radius 1 is 1.13 bits per heavy atom. The minimum absolute atomic E-state index is 0.0626.